The zero-order valence-electron chi connectivity index (χ0n) is 10.7. The van der Waals surface area contributed by atoms with E-state index in [1.54, 1.807) is 12.1 Å². The van der Waals surface area contributed by atoms with E-state index in [4.69, 9.17) is 4.74 Å². The summed E-state index contributed by atoms with van der Waals surface area (Å²) < 4.78 is 5.14. The van der Waals surface area contributed by atoms with Crippen LogP contribution in [0, 0.1) is 6.92 Å². The Kier molecular flexibility index (Phi) is 3.61. The number of hydrogen-bond donors (Lipinski definition) is 1. The van der Waals surface area contributed by atoms with Gasteiger partial charge in [0.05, 0.1) is 0 Å². The van der Waals surface area contributed by atoms with E-state index in [-0.39, 0.29) is 11.2 Å². The minimum atomic E-state index is -0.529. The first-order valence-electron chi connectivity index (χ1n) is 5.44. The highest BCUT2D eigenvalue weighted by atomic mass is 16.5. The molecule has 0 aliphatic heterocycles. The number of rotatable bonds is 2. The second-order valence-electron chi connectivity index (χ2n) is 4.98. The van der Waals surface area contributed by atoms with E-state index in [1.807, 2.05) is 27.7 Å². The molecule has 0 aromatic heterocycles. The maximum absolute atomic E-state index is 11.2. The molecule has 0 atom stereocenters. The Hall–Kier alpha value is -1.77. The van der Waals surface area contributed by atoms with Crippen molar-refractivity contribution < 1.29 is 14.6 Å². The second-order valence-corrected chi connectivity index (χ2v) is 4.98. The van der Waals surface area contributed by atoms with Gasteiger partial charge in [-0.3, -0.25) is 0 Å². The zero-order valence-corrected chi connectivity index (χ0v) is 10.7. The van der Waals surface area contributed by atoms with Crippen molar-refractivity contribution >= 4 is 5.97 Å². The van der Waals surface area contributed by atoms with Crippen LogP contribution in [0.4, 0.5) is 0 Å². The quantitative estimate of drug-likeness (QED) is 0.486. The fourth-order valence-electron chi connectivity index (χ4n) is 1.64. The van der Waals surface area contributed by atoms with Crippen molar-refractivity contribution in [2.45, 2.75) is 33.1 Å². The first-order valence-corrected chi connectivity index (χ1v) is 5.44. The predicted octanol–water partition coefficient (Wildman–Crippen LogP) is 3.09. The van der Waals surface area contributed by atoms with Crippen LogP contribution >= 0.6 is 0 Å². The second kappa shape index (κ2) is 4.62. The number of benzene rings is 1. The van der Waals surface area contributed by atoms with E-state index in [0.717, 1.165) is 11.6 Å². The van der Waals surface area contributed by atoms with Crippen LogP contribution < -0.4 is 4.74 Å². The van der Waals surface area contributed by atoms with Crippen molar-refractivity contribution in [2.24, 2.45) is 0 Å². The lowest BCUT2D eigenvalue weighted by Gasteiger charge is -2.24. The van der Waals surface area contributed by atoms with Crippen molar-refractivity contribution in [2.75, 3.05) is 0 Å². The number of carbonyl (C=O) groups excluding carboxylic acids is 1. The molecule has 1 N–H and O–H groups in total. The van der Waals surface area contributed by atoms with Crippen LogP contribution in [0.2, 0.25) is 0 Å². The molecule has 92 valence electrons. The molecule has 3 nitrogen and oxygen atoms in total. The molecule has 0 radical (unpaired) electrons. The van der Waals surface area contributed by atoms with Crippen LogP contribution in [-0.4, -0.2) is 11.1 Å². The molecule has 0 aliphatic rings. The van der Waals surface area contributed by atoms with E-state index in [2.05, 4.69) is 6.58 Å². The fourth-order valence-corrected chi connectivity index (χ4v) is 1.64. The van der Waals surface area contributed by atoms with Gasteiger partial charge in [0, 0.05) is 11.6 Å². The van der Waals surface area contributed by atoms with E-state index >= 15 is 0 Å². The van der Waals surface area contributed by atoms with E-state index < -0.39 is 5.97 Å². The summed E-state index contributed by atoms with van der Waals surface area (Å²) in [6.07, 6.45) is 1.10. The number of hydrogen-bond acceptors (Lipinski definition) is 3. The Morgan fingerprint density at radius 2 is 2.00 bits per heavy atom. The van der Waals surface area contributed by atoms with E-state index in [9.17, 15) is 9.90 Å². The molecule has 0 bridgehead atoms. The van der Waals surface area contributed by atoms with Gasteiger partial charge in [-0.2, -0.15) is 0 Å². The molecular formula is C14H18O3. The largest absolute Gasteiger partial charge is 0.507 e. The van der Waals surface area contributed by atoms with Crippen LogP contribution in [0.15, 0.2) is 24.8 Å². The standard InChI is InChI=1S/C14H18O3/c1-6-11(15)17-10-8-7-9(2)13(16)12(10)14(3,4)5/h6-8,16H,1H2,2-5H3. The Balaban J connectivity index is 3.35. The molecule has 0 saturated heterocycles. The van der Waals surface area contributed by atoms with Crippen LogP contribution in [-0.2, 0) is 10.2 Å². The normalized spacial score (nSPS) is 11.1. The molecular weight excluding hydrogens is 216 g/mol. The predicted molar refractivity (Wildman–Crippen MR) is 67.4 cm³/mol. The van der Waals surface area contributed by atoms with Gasteiger partial charge in [-0.1, -0.05) is 33.4 Å². The molecule has 0 spiro atoms. The van der Waals surface area contributed by atoms with Gasteiger partial charge in [-0.25, -0.2) is 4.79 Å². The summed E-state index contributed by atoms with van der Waals surface area (Å²) >= 11 is 0. The van der Waals surface area contributed by atoms with Crippen LogP contribution in [0.5, 0.6) is 11.5 Å². The van der Waals surface area contributed by atoms with Crippen molar-refractivity contribution in [3.8, 4) is 11.5 Å². The van der Waals surface area contributed by atoms with Crippen LogP contribution in [0.25, 0.3) is 0 Å². The summed E-state index contributed by atoms with van der Waals surface area (Å²) in [6.45, 7) is 11.0. The third-order valence-electron chi connectivity index (χ3n) is 2.47. The van der Waals surface area contributed by atoms with Gasteiger partial charge in [0.2, 0.25) is 0 Å². The lowest BCUT2D eigenvalue weighted by molar-refractivity contribution is -0.129. The highest BCUT2D eigenvalue weighted by Crippen LogP contribution is 2.40. The highest BCUT2D eigenvalue weighted by Gasteiger charge is 2.25. The lowest BCUT2D eigenvalue weighted by atomic mass is 9.84. The minimum Gasteiger partial charge on any atom is -0.507 e. The Labute approximate surface area is 102 Å². The van der Waals surface area contributed by atoms with Gasteiger partial charge in [0.1, 0.15) is 11.5 Å². The summed E-state index contributed by atoms with van der Waals surface area (Å²) in [5.41, 5.74) is 1.08. The third-order valence-corrected chi connectivity index (χ3v) is 2.47. The van der Waals surface area contributed by atoms with E-state index in [0.29, 0.717) is 11.3 Å². The number of phenols is 1. The van der Waals surface area contributed by atoms with Gasteiger partial charge in [-0.15, -0.1) is 0 Å². The van der Waals surface area contributed by atoms with Crippen LogP contribution in [0.1, 0.15) is 31.9 Å². The molecule has 0 saturated carbocycles. The van der Waals surface area contributed by atoms with Gasteiger partial charge in [0.15, 0.2) is 0 Å². The van der Waals surface area contributed by atoms with Crippen LogP contribution in [0.3, 0.4) is 0 Å². The molecule has 1 rings (SSSR count). The first-order chi connectivity index (χ1) is 7.77. The monoisotopic (exact) mass is 234 g/mol. The zero-order chi connectivity index (χ0) is 13.2. The lowest BCUT2D eigenvalue weighted by Crippen LogP contribution is -2.16. The summed E-state index contributed by atoms with van der Waals surface area (Å²) in [7, 11) is 0. The van der Waals surface area contributed by atoms with Crippen molar-refractivity contribution in [1.29, 1.82) is 0 Å². The molecule has 17 heavy (non-hydrogen) atoms. The molecule has 0 aliphatic carbocycles. The Morgan fingerprint density at radius 1 is 1.41 bits per heavy atom. The third kappa shape index (κ3) is 2.87. The Morgan fingerprint density at radius 3 is 2.47 bits per heavy atom. The van der Waals surface area contributed by atoms with Crippen molar-refractivity contribution in [3.63, 3.8) is 0 Å². The number of esters is 1. The molecule has 0 heterocycles. The molecule has 0 fully saturated rings. The smallest absolute Gasteiger partial charge is 0.335 e. The average molecular weight is 234 g/mol. The molecule has 0 unspecified atom stereocenters. The molecule has 0 amide bonds. The number of aromatic hydroxyl groups is 1. The van der Waals surface area contributed by atoms with Crippen molar-refractivity contribution in [3.05, 3.63) is 35.9 Å². The van der Waals surface area contributed by atoms with Gasteiger partial charge in [0.25, 0.3) is 0 Å². The van der Waals surface area contributed by atoms with Gasteiger partial charge < -0.3 is 9.84 Å². The number of phenolic OH excluding ortho intramolecular Hbond substituents is 1. The fraction of sp³-hybridized carbons (Fsp3) is 0.357. The molecule has 1 aromatic carbocycles. The minimum absolute atomic E-state index is 0.173. The number of ether oxygens (including phenoxy) is 1. The summed E-state index contributed by atoms with van der Waals surface area (Å²) in [6, 6.07) is 3.41. The average Bonchev–Trinajstić information content (AvgIpc) is 2.21. The summed E-state index contributed by atoms with van der Waals surface area (Å²) in [4.78, 5) is 11.2. The number of aryl methyl sites for hydroxylation is 1. The summed E-state index contributed by atoms with van der Waals surface area (Å²) in [5, 5.41) is 10.1. The summed E-state index contributed by atoms with van der Waals surface area (Å²) in [5.74, 6) is 0.0242. The SMILES string of the molecule is C=CC(=O)Oc1ccc(C)c(O)c1C(C)(C)C. The number of carbonyl (C=O) groups is 1. The molecule has 3 heteroatoms. The Bertz CT molecular complexity index is 453. The van der Waals surface area contributed by atoms with Gasteiger partial charge >= 0.3 is 5.97 Å². The first kappa shape index (κ1) is 13.3. The maximum Gasteiger partial charge on any atom is 0.335 e. The highest BCUT2D eigenvalue weighted by molar-refractivity contribution is 5.83. The van der Waals surface area contributed by atoms with Crippen molar-refractivity contribution in [1.82, 2.24) is 0 Å². The maximum atomic E-state index is 11.2. The molecule has 1 aromatic rings. The topological polar surface area (TPSA) is 46.5 Å². The van der Waals surface area contributed by atoms with Gasteiger partial charge in [-0.05, 0) is 24.0 Å². The van der Waals surface area contributed by atoms with E-state index in [1.165, 1.54) is 0 Å².